The van der Waals surface area contributed by atoms with Gasteiger partial charge >= 0.3 is 36.0 Å². The van der Waals surface area contributed by atoms with Crippen LogP contribution in [0.3, 0.4) is 0 Å². The summed E-state index contributed by atoms with van der Waals surface area (Å²) in [6, 6.07) is 32.3. The molecule has 1 aliphatic carbocycles. The fourth-order valence-corrected chi connectivity index (χ4v) is 10.1. The van der Waals surface area contributed by atoms with Crippen molar-refractivity contribution in [3.63, 3.8) is 0 Å². The van der Waals surface area contributed by atoms with Crippen molar-refractivity contribution in [1.82, 2.24) is 14.7 Å². The van der Waals surface area contributed by atoms with Crippen molar-refractivity contribution in [3.05, 3.63) is 123 Å². The van der Waals surface area contributed by atoms with Gasteiger partial charge < -0.3 is 12.4 Å². The second kappa shape index (κ2) is 30.8. The van der Waals surface area contributed by atoms with Crippen LogP contribution in [0.1, 0.15) is 40.5 Å². The number of carbonyl (C=O) groups excluding carboxylic acids is 4. The predicted molar refractivity (Wildman–Crippen MR) is 207 cm³/mol. The molecule has 0 atom stereocenters. The monoisotopic (exact) mass is 895 g/mol. The number of rotatable bonds is 7. The van der Waals surface area contributed by atoms with Gasteiger partial charge in [-0.3, -0.25) is 33.9 Å². The summed E-state index contributed by atoms with van der Waals surface area (Å²) in [5.74, 6) is -0.250. The van der Waals surface area contributed by atoms with E-state index in [0.29, 0.717) is 0 Å². The normalized spacial score (nSPS) is 17.1. The Morgan fingerprint density at radius 2 is 0.808 bits per heavy atom. The van der Waals surface area contributed by atoms with E-state index >= 15 is 0 Å². The van der Waals surface area contributed by atoms with Crippen LogP contribution in [0.15, 0.2) is 91.0 Å². The maximum absolute atomic E-state index is 10.0. The largest absolute Gasteiger partial charge is 2.00 e. The number of hydrogen-bond acceptors (Lipinski definition) is 7. The number of hydrogen-bond donors (Lipinski definition) is 0. The molecule has 2 saturated heterocycles. The molecule has 2 aliphatic heterocycles. The van der Waals surface area contributed by atoms with Gasteiger partial charge in [-0.1, -0.05) is 98.9 Å². The number of Topliss-reactive ketones (excluding diaryl/α,β-unsaturated/α-hetero) is 4. The minimum absolute atomic E-state index is 0. The molecule has 0 amide bonds. The molecule has 283 valence electrons. The van der Waals surface area contributed by atoms with Crippen LogP contribution in [0.25, 0.3) is 0 Å². The summed E-state index contributed by atoms with van der Waals surface area (Å²) in [6.45, 7) is 7.96. The van der Waals surface area contributed by atoms with Crippen LogP contribution in [-0.4, -0.2) is 84.1 Å². The molecule has 6 rings (SSSR count). The summed E-state index contributed by atoms with van der Waals surface area (Å²) in [4.78, 5) is 47.6. The fraction of sp³-hybridized carbons (Fsp3) is 0.325. The standard InChI is InChI=1S/C18H15P.C7H16N3P.2C5H8O2.C5H5.ClH.Ni.Ru/c1-4-10-16(11-5-1)19(17-12-6-2-7-13-17)18-14-8-3-9-15-18;1-8-3-10-4-9(2)6-11(5-8)7-10;2*1-4(6)3-5(2)7;1-2-4-5-3-1;;;/h1-15H;3-7H2,1-2H3;2*3H2,1-2H3;1-5H;1H;;/q;;;;;;2*+2/p-1. The first-order valence-electron chi connectivity index (χ1n) is 16.4. The van der Waals surface area contributed by atoms with Gasteiger partial charge in [0, 0.05) is 18.9 Å². The Balaban J connectivity index is 0. The molecule has 0 spiro atoms. The zero-order valence-electron chi connectivity index (χ0n) is 30.9. The van der Waals surface area contributed by atoms with Crippen LogP contribution in [0.4, 0.5) is 0 Å². The topological polar surface area (TPSA) is 78.0 Å². The Morgan fingerprint density at radius 1 is 0.538 bits per heavy atom. The van der Waals surface area contributed by atoms with E-state index in [1.807, 2.05) is 32.1 Å². The molecule has 0 unspecified atom stereocenters. The molecule has 3 aromatic rings. The minimum atomic E-state index is -0.446. The smallest absolute Gasteiger partial charge is 1.00 e. The number of halogens is 1. The Bertz CT molecular complexity index is 1220. The number of fused-ring (bicyclic) bond motifs is 2. The van der Waals surface area contributed by atoms with Gasteiger partial charge in [0.15, 0.2) is 0 Å². The number of benzene rings is 3. The van der Waals surface area contributed by atoms with Gasteiger partial charge in [0.2, 0.25) is 0 Å². The maximum atomic E-state index is 10.0. The Labute approximate surface area is 345 Å². The van der Waals surface area contributed by atoms with Crippen molar-refractivity contribution in [2.75, 3.05) is 46.3 Å². The third kappa shape index (κ3) is 24.0. The molecule has 12 heteroatoms. The number of ketones is 4. The van der Waals surface area contributed by atoms with Gasteiger partial charge in [0.25, 0.3) is 0 Å². The van der Waals surface area contributed by atoms with E-state index < -0.39 is 7.92 Å². The first-order chi connectivity index (χ1) is 23.4. The summed E-state index contributed by atoms with van der Waals surface area (Å²) >= 11 is 0. The average Bonchev–Trinajstić information content (AvgIpc) is 3.63. The summed E-state index contributed by atoms with van der Waals surface area (Å²) < 4.78 is 0. The van der Waals surface area contributed by atoms with Crippen LogP contribution >= 0.6 is 15.8 Å². The minimum Gasteiger partial charge on any atom is -1.00 e. The summed E-state index contributed by atoms with van der Waals surface area (Å²) in [5.41, 5.74) is 0. The third-order valence-corrected chi connectivity index (χ3v) is 11.8. The molecule has 1 saturated carbocycles. The molecule has 2 heterocycles. The molecular weight excluding hydrogens is 844 g/mol. The van der Waals surface area contributed by atoms with Gasteiger partial charge in [-0.25, -0.2) is 0 Å². The van der Waals surface area contributed by atoms with Gasteiger partial charge in [0.1, 0.15) is 23.1 Å². The average molecular weight is 896 g/mol. The van der Waals surface area contributed by atoms with Crippen LogP contribution in [0.2, 0.25) is 0 Å². The molecule has 3 fully saturated rings. The summed E-state index contributed by atoms with van der Waals surface area (Å²) in [6.07, 6.45) is 14.2. The van der Waals surface area contributed by atoms with E-state index in [1.54, 1.807) is 0 Å². The van der Waals surface area contributed by atoms with E-state index in [4.69, 9.17) is 0 Å². The first-order valence-corrected chi connectivity index (χ1v) is 19.6. The molecule has 2 bridgehead atoms. The van der Waals surface area contributed by atoms with Crippen molar-refractivity contribution >= 4 is 54.9 Å². The van der Waals surface area contributed by atoms with E-state index in [9.17, 15) is 19.2 Å². The van der Waals surface area contributed by atoms with Crippen LogP contribution in [0, 0.1) is 32.1 Å². The fourth-order valence-electron chi connectivity index (χ4n) is 5.21. The van der Waals surface area contributed by atoms with Crippen LogP contribution < -0.4 is 28.3 Å². The predicted octanol–water partition coefficient (Wildman–Crippen LogP) is 3.02. The van der Waals surface area contributed by atoms with E-state index in [2.05, 4.69) is 120 Å². The third-order valence-electron chi connectivity index (χ3n) is 6.76. The van der Waals surface area contributed by atoms with Crippen LogP contribution in [-0.2, 0) is 55.1 Å². The zero-order valence-corrected chi connectivity index (χ0v) is 36.2. The van der Waals surface area contributed by atoms with Crippen molar-refractivity contribution in [2.24, 2.45) is 0 Å². The van der Waals surface area contributed by atoms with Crippen LogP contribution in [0.5, 0.6) is 0 Å². The second-order valence-electron chi connectivity index (χ2n) is 12.2. The Morgan fingerprint density at radius 3 is 1.02 bits per heavy atom. The molecule has 0 N–H and O–H groups in total. The van der Waals surface area contributed by atoms with E-state index in [-0.39, 0.29) is 92.3 Å². The van der Waals surface area contributed by atoms with Gasteiger partial charge in [-0.15, -0.1) is 0 Å². The van der Waals surface area contributed by atoms with Crippen molar-refractivity contribution in [2.45, 2.75) is 40.5 Å². The number of nitrogens with zero attached hydrogens (tertiary/aromatic N) is 3. The van der Waals surface area contributed by atoms with Gasteiger partial charge in [-0.05, 0) is 97.7 Å². The molecular formula is C40H52ClN3NiO4P2Ru+3. The Kier molecular flexibility index (Phi) is 31.1. The molecule has 0 aromatic heterocycles. The molecule has 3 aromatic carbocycles. The quantitative estimate of drug-likeness (QED) is 0.205. The molecule has 7 nitrogen and oxygen atoms in total. The summed E-state index contributed by atoms with van der Waals surface area (Å²) in [5, 5.41) is 4.19. The first kappa shape index (κ1) is 52.6. The van der Waals surface area contributed by atoms with Crippen molar-refractivity contribution in [3.8, 4) is 0 Å². The Hall–Kier alpha value is -1.51. The molecule has 3 aliphatic rings. The van der Waals surface area contributed by atoms with E-state index in [0.717, 1.165) is 0 Å². The SMILES string of the molecule is CC(=O)CC(C)=O.CC(=O)CC(C)=O.CN1CN2CN(C)CP(C1)C2.[CH]1[CH][CH][CH][CH]1.[Cl-].[Ni+2].[Ru+2].c1ccc(P(c2ccccc2)c2ccccc2)cc1. The number of carbonyl (C=O) groups is 4. The second-order valence-corrected chi connectivity index (χ2v) is 16.6. The van der Waals surface area contributed by atoms with Gasteiger partial charge in [-0.2, -0.15) is 0 Å². The van der Waals surface area contributed by atoms with E-state index in [1.165, 1.54) is 75.8 Å². The van der Waals surface area contributed by atoms with Crippen molar-refractivity contribution < 1.29 is 67.6 Å². The summed E-state index contributed by atoms with van der Waals surface area (Å²) in [7, 11) is 4.29. The van der Waals surface area contributed by atoms with Gasteiger partial charge in [0.05, 0.1) is 26.2 Å². The molecule has 52 heavy (non-hydrogen) atoms. The zero-order chi connectivity index (χ0) is 36.0. The van der Waals surface area contributed by atoms with Crippen molar-refractivity contribution in [1.29, 1.82) is 0 Å². The molecule has 5 radical (unpaired) electrons. The maximum Gasteiger partial charge on any atom is 2.00 e.